The average Bonchev–Trinajstić information content (AvgIpc) is 2.94. The van der Waals surface area contributed by atoms with E-state index in [1.807, 2.05) is 49.4 Å². The molecule has 2 aromatic carbocycles. The van der Waals surface area contributed by atoms with E-state index in [4.69, 9.17) is 4.42 Å². The first-order valence-corrected chi connectivity index (χ1v) is 6.85. The zero-order valence-electron chi connectivity index (χ0n) is 11.8. The van der Waals surface area contributed by atoms with Gasteiger partial charge in [0, 0.05) is 6.54 Å². The highest BCUT2D eigenvalue weighted by atomic mass is 16.3. The molecule has 1 amide bonds. The molecule has 1 N–H and O–H groups in total. The van der Waals surface area contributed by atoms with Gasteiger partial charge in [0.2, 0.25) is 5.91 Å². The van der Waals surface area contributed by atoms with Crippen LogP contribution in [0, 0.1) is 6.92 Å². The molecule has 0 radical (unpaired) electrons. The first kappa shape index (κ1) is 13.4. The van der Waals surface area contributed by atoms with E-state index in [9.17, 15) is 4.79 Å². The minimum absolute atomic E-state index is 0.00515. The van der Waals surface area contributed by atoms with Crippen LogP contribution in [-0.2, 0) is 17.8 Å². The molecule has 0 saturated carbocycles. The number of hydrogen-bond donors (Lipinski definition) is 1. The molecule has 0 bridgehead atoms. The number of amides is 1. The Morgan fingerprint density at radius 2 is 1.90 bits per heavy atom. The average molecular weight is 280 g/mol. The molecule has 4 heteroatoms. The first-order chi connectivity index (χ1) is 10.2. The van der Waals surface area contributed by atoms with E-state index in [0.29, 0.717) is 18.5 Å². The van der Waals surface area contributed by atoms with Crippen LogP contribution in [0.3, 0.4) is 0 Å². The molecule has 1 heterocycles. The highest BCUT2D eigenvalue weighted by molar-refractivity contribution is 5.80. The van der Waals surface area contributed by atoms with Crippen LogP contribution in [0.4, 0.5) is 0 Å². The molecular formula is C17H16N2O2. The van der Waals surface area contributed by atoms with E-state index in [0.717, 1.165) is 16.6 Å². The summed E-state index contributed by atoms with van der Waals surface area (Å²) in [5, 5.41) is 2.92. The second kappa shape index (κ2) is 5.79. The maximum absolute atomic E-state index is 12.0. The highest BCUT2D eigenvalue weighted by Crippen LogP contribution is 2.14. The SMILES string of the molecule is Cc1ccc(CNC(=O)Cc2ccc3ncoc3c2)cc1. The molecule has 4 nitrogen and oxygen atoms in total. The van der Waals surface area contributed by atoms with E-state index in [2.05, 4.69) is 10.3 Å². The van der Waals surface area contributed by atoms with Gasteiger partial charge in [0.1, 0.15) is 5.52 Å². The first-order valence-electron chi connectivity index (χ1n) is 6.85. The van der Waals surface area contributed by atoms with Gasteiger partial charge in [-0.25, -0.2) is 4.98 Å². The predicted octanol–water partition coefficient (Wildman–Crippen LogP) is 3.00. The molecule has 0 aliphatic heterocycles. The number of benzene rings is 2. The summed E-state index contributed by atoms with van der Waals surface area (Å²) in [4.78, 5) is 16.0. The molecule has 0 spiro atoms. The van der Waals surface area contributed by atoms with E-state index in [1.54, 1.807) is 0 Å². The quantitative estimate of drug-likeness (QED) is 0.799. The zero-order valence-corrected chi connectivity index (χ0v) is 11.8. The standard InChI is InChI=1S/C17H16N2O2/c1-12-2-4-13(5-3-12)10-18-17(20)9-14-6-7-15-16(8-14)21-11-19-15/h2-8,11H,9-10H2,1H3,(H,18,20). The van der Waals surface area contributed by atoms with Crippen molar-refractivity contribution >= 4 is 17.0 Å². The second-order valence-corrected chi connectivity index (χ2v) is 5.09. The van der Waals surface area contributed by atoms with Crippen LogP contribution >= 0.6 is 0 Å². The van der Waals surface area contributed by atoms with Crippen LogP contribution < -0.4 is 5.32 Å². The maximum atomic E-state index is 12.0. The van der Waals surface area contributed by atoms with Crippen molar-refractivity contribution in [3.05, 3.63) is 65.5 Å². The summed E-state index contributed by atoms with van der Waals surface area (Å²) < 4.78 is 5.24. The van der Waals surface area contributed by atoms with Crippen LogP contribution in [-0.4, -0.2) is 10.9 Å². The Labute approximate surface area is 122 Å². The third-order valence-electron chi connectivity index (χ3n) is 3.37. The highest BCUT2D eigenvalue weighted by Gasteiger charge is 2.06. The number of hydrogen-bond acceptors (Lipinski definition) is 3. The fourth-order valence-electron chi connectivity index (χ4n) is 2.16. The summed E-state index contributed by atoms with van der Waals surface area (Å²) >= 11 is 0. The Hall–Kier alpha value is -2.62. The summed E-state index contributed by atoms with van der Waals surface area (Å²) in [5.41, 5.74) is 4.74. The van der Waals surface area contributed by atoms with E-state index in [-0.39, 0.29) is 5.91 Å². The lowest BCUT2D eigenvalue weighted by Crippen LogP contribution is -2.24. The third-order valence-corrected chi connectivity index (χ3v) is 3.37. The van der Waals surface area contributed by atoms with E-state index >= 15 is 0 Å². The summed E-state index contributed by atoms with van der Waals surface area (Å²) in [6, 6.07) is 13.7. The number of nitrogens with zero attached hydrogens (tertiary/aromatic N) is 1. The van der Waals surface area contributed by atoms with Gasteiger partial charge in [0.05, 0.1) is 6.42 Å². The summed E-state index contributed by atoms with van der Waals surface area (Å²) in [5.74, 6) is -0.00515. The Balaban J connectivity index is 1.59. The van der Waals surface area contributed by atoms with Gasteiger partial charge in [-0.3, -0.25) is 4.79 Å². The molecule has 1 aromatic heterocycles. The molecular weight excluding hydrogens is 264 g/mol. The van der Waals surface area contributed by atoms with Crippen LogP contribution in [0.2, 0.25) is 0 Å². The van der Waals surface area contributed by atoms with Gasteiger partial charge in [-0.2, -0.15) is 0 Å². The number of aromatic nitrogens is 1. The van der Waals surface area contributed by atoms with Crippen molar-refractivity contribution < 1.29 is 9.21 Å². The fourth-order valence-corrected chi connectivity index (χ4v) is 2.16. The lowest BCUT2D eigenvalue weighted by Gasteiger charge is -2.06. The second-order valence-electron chi connectivity index (χ2n) is 5.09. The predicted molar refractivity (Wildman–Crippen MR) is 80.7 cm³/mol. The molecule has 21 heavy (non-hydrogen) atoms. The molecule has 3 rings (SSSR count). The lowest BCUT2D eigenvalue weighted by atomic mass is 10.1. The van der Waals surface area contributed by atoms with Crippen molar-refractivity contribution in [3.8, 4) is 0 Å². The molecule has 0 fully saturated rings. The maximum Gasteiger partial charge on any atom is 0.224 e. The van der Waals surface area contributed by atoms with Crippen molar-refractivity contribution in [2.24, 2.45) is 0 Å². The smallest absolute Gasteiger partial charge is 0.224 e. The monoisotopic (exact) mass is 280 g/mol. The van der Waals surface area contributed by atoms with Crippen molar-refractivity contribution in [3.63, 3.8) is 0 Å². The molecule has 0 aliphatic carbocycles. The number of fused-ring (bicyclic) bond motifs is 1. The minimum Gasteiger partial charge on any atom is -0.443 e. The number of rotatable bonds is 4. The van der Waals surface area contributed by atoms with Gasteiger partial charge in [-0.05, 0) is 30.2 Å². The van der Waals surface area contributed by atoms with Crippen LogP contribution in [0.5, 0.6) is 0 Å². The van der Waals surface area contributed by atoms with E-state index in [1.165, 1.54) is 12.0 Å². The number of nitrogens with one attached hydrogen (secondary N) is 1. The summed E-state index contributed by atoms with van der Waals surface area (Å²) in [6.07, 6.45) is 1.74. The van der Waals surface area contributed by atoms with Crippen molar-refractivity contribution in [1.82, 2.24) is 10.3 Å². The van der Waals surface area contributed by atoms with Crippen molar-refractivity contribution in [2.45, 2.75) is 19.9 Å². The molecule has 3 aromatic rings. The molecule has 0 aliphatic rings. The van der Waals surface area contributed by atoms with Crippen LogP contribution in [0.15, 0.2) is 53.3 Å². The number of carbonyl (C=O) groups excluding carboxylic acids is 1. The molecule has 0 saturated heterocycles. The largest absolute Gasteiger partial charge is 0.443 e. The van der Waals surface area contributed by atoms with E-state index < -0.39 is 0 Å². The van der Waals surface area contributed by atoms with Gasteiger partial charge >= 0.3 is 0 Å². The molecule has 106 valence electrons. The van der Waals surface area contributed by atoms with Gasteiger partial charge < -0.3 is 9.73 Å². The Bertz CT molecular complexity index is 760. The van der Waals surface area contributed by atoms with Crippen LogP contribution in [0.1, 0.15) is 16.7 Å². The number of oxazole rings is 1. The normalized spacial score (nSPS) is 10.7. The minimum atomic E-state index is -0.00515. The van der Waals surface area contributed by atoms with Crippen molar-refractivity contribution in [1.29, 1.82) is 0 Å². The molecule has 0 atom stereocenters. The zero-order chi connectivity index (χ0) is 14.7. The Morgan fingerprint density at radius 1 is 1.14 bits per heavy atom. The van der Waals surface area contributed by atoms with Crippen LogP contribution in [0.25, 0.3) is 11.1 Å². The molecule has 0 unspecified atom stereocenters. The Morgan fingerprint density at radius 3 is 2.71 bits per heavy atom. The van der Waals surface area contributed by atoms with Crippen molar-refractivity contribution in [2.75, 3.05) is 0 Å². The number of aryl methyl sites for hydroxylation is 1. The van der Waals surface area contributed by atoms with Gasteiger partial charge in [0.15, 0.2) is 12.0 Å². The van der Waals surface area contributed by atoms with Gasteiger partial charge in [-0.15, -0.1) is 0 Å². The van der Waals surface area contributed by atoms with Gasteiger partial charge in [0.25, 0.3) is 0 Å². The Kier molecular flexibility index (Phi) is 3.69. The summed E-state index contributed by atoms with van der Waals surface area (Å²) in [7, 11) is 0. The number of carbonyl (C=O) groups is 1. The lowest BCUT2D eigenvalue weighted by molar-refractivity contribution is -0.120. The third kappa shape index (κ3) is 3.28. The summed E-state index contributed by atoms with van der Waals surface area (Å²) in [6.45, 7) is 2.59. The fraction of sp³-hybridized carbons (Fsp3) is 0.176. The topological polar surface area (TPSA) is 55.1 Å². The van der Waals surface area contributed by atoms with Gasteiger partial charge in [-0.1, -0.05) is 35.9 Å².